The van der Waals surface area contributed by atoms with Crippen LogP contribution in [0.15, 0.2) is 0 Å². The van der Waals surface area contributed by atoms with Crippen molar-refractivity contribution in [2.45, 2.75) is 13.8 Å². The fraction of sp³-hybridized carbons (Fsp3) is 0.143. The highest BCUT2D eigenvalue weighted by molar-refractivity contribution is 6.49. The van der Waals surface area contributed by atoms with Crippen molar-refractivity contribution in [2.75, 3.05) is 0 Å². The molecule has 0 aliphatic heterocycles. The van der Waals surface area contributed by atoms with Crippen LogP contribution in [0.25, 0.3) is 11.1 Å². The zero-order chi connectivity index (χ0) is 20.1. The normalized spacial score (nSPS) is 10.9. The number of nitro benzene ring substituents is 2. The van der Waals surface area contributed by atoms with Gasteiger partial charge in [-0.05, 0) is 25.0 Å². The van der Waals surface area contributed by atoms with Crippen molar-refractivity contribution in [3.8, 4) is 11.1 Å². The Balaban J connectivity index is 3.23. The summed E-state index contributed by atoms with van der Waals surface area (Å²) in [7, 11) is 0. The van der Waals surface area contributed by atoms with Gasteiger partial charge in [0.15, 0.2) is 0 Å². The lowest BCUT2D eigenvalue weighted by molar-refractivity contribution is -0.386. The summed E-state index contributed by atoms with van der Waals surface area (Å²) in [4.78, 5) is 21.5. The Morgan fingerprint density at radius 3 is 1.08 bits per heavy atom. The molecule has 0 unspecified atom stereocenters. The smallest absolute Gasteiger partial charge is 0.258 e. The van der Waals surface area contributed by atoms with Crippen LogP contribution in [0.4, 0.5) is 11.4 Å². The maximum Gasteiger partial charge on any atom is 0.299 e. The number of hydrogen-bond acceptors (Lipinski definition) is 4. The molecule has 138 valence electrons. The summed E-state index contributed by atoms with van der Waals surface area (Å²) >= 11 is 36.5. The molecule has 0 spiro atoms. The molecular weight excluding hydrogens is 473 g/mol. The lowest BCUT2D eigenvalue weighted by atomic mass is 9.97. The van der Waals surface area contributed by atoms with E-state index >= 15 is 0 Å². The van der Waals surface area contributed by atoms with E-state index in [0.717, 1.165) is 0 Å². The molecule has 0 saturated carbocycles. The fourth-order valence-corrected chi connectivity index (χ4v) is 3.96. The minimum atomic E-state index is -0.854. The van der Waals surface area contributed by atoms with Gasteiger partial charge in [0.25, 0.3) is 11.4 Å². The predicted octanol–water partition coefficient (Wildman–Crippen LogP) is 7.71. The first-order valence-electron chi connectivity index (χ1n) is 6.56. The number of halogens is 6. The van der Waals surface area contributed by atoms with Gasteiger partial charge < -0.3 is 0 Å². The van der Waals surface area contributed by atoms with Gasteiger partial charge in [-0.1, -0.05) is 69.6 Å². The van der Waals surface area contributed by atoms with Crippen LogP contribution in [-0.4, -0.2) is 9.85 Å². The molecule has 0 aliphatic carbocycles. The maximum atomic E-state index is 11.6. The molecule has 0 bridgehead atoms. The Bertz CT molecular complexity index is 913. The van der Waals surface area contributed by atoms with E-state index in [1.807, 2.05) is 0 Å². The molecule has 0 saturated heterocycles. The van der Waals surface area contributed by atoms with Crippen LogP contribution in [0.3, 0.4) is 0 Å². The molecule has 0 aromatic heterocycles. The van der Waals surface area contributed by atoms with Gasteiger partial charge in [-0.25, -0.2) is 0 Å². The van der Waals surface area contributed by atoms with E-state index < -0.39 is 31.3 Å². The average Bonchev–Trinajstić information content (AvgIpc) is 2.56. The molecule has 0 heterocycles. The largest absolute Gasteiger partial charge is 0.299 e. The molecule has 0 atom stereocenters. The third kappa shape index (κ3) is 3.19. The van der Waals surface area contributed by atoms with Gasteiger partial charge in [-0.2, -0.15) is 0 Å². The third-order valence-corrected chi connectivity index (χ3v) is 6.47. The standard InChI is InChI=1S/C14H6Cl6N2O4/c1-3-7(15)5(13(21(23)24)11(19)9(3)17)6-8(16)4(2)10(18)12(20)14(6)22(25)26/h1-2H3. The monoisotopic (exact) mass is 476 g/mol. The van der Waals surface area contributed by atoms with Gasteiger partial charge in [0, 0.05) is 0 Å². The van der Waals surface area contributed by atoms with Crippen LogP contribution in [-0.2, 0) is 0 Å². The second kappa shape index (κ2) is 7.54. The summed E-state index contributed by atoms with van der Waals surface area (Å²) in [6.07, 6.45) is 0. The molecule has 0 fully saturated rings. The number of nitrogens with zero attached hydrogens (tertiary/aromatic N) is 2. The van der Waals surface area contributed by atoms with Crippen LogP contribution in [0, 0.1) is 34.1 Å². The van der Waals surface area contributed by atoms with Crippen LogP contribution >= 0.6 is 69.6 Å². The van der Waals surface area contributed by atoms with Crippen molar-refractivity contribution in [3.63, 3.8) is 0 Å². The van der Waals surface area contributed by atoms with Gasteiger partial charge in [0.1, 0.15) is 10.0 Å². The van der Waals surface area contributed by atoms with E-state index in [4.69, 9.17) is 69.6 Å². The summed E-state index contributed by atoms with van der Waals surface area (Å²) in [6, 6.07) is 0. The minimum Gasteiger partial charge on any atom is -0.258 e. The molecule has 12 heteroatoms. The third-order valence-electron chi connectivity index (χ3n) is 3.65. The first-order chi connectivity index (χ1) is 11.9. The van der Waals surface area contributed by atoms with E-state index in [9.17, 15) is 20.2 Å². The topological polar surface area (TPSA) is 86.3 Å². The van der Waals surface area contributed by atoms with E-state index in [0.29, 0.717) is 0 Å². The molecule has 2 aromatic rings. The average molecular weight is 479 g/mol. The molecule has 0 aliphatic rings. The van der Waals surface area contributed by atoms with E-state index in [1.165, 1.54) is 13.8 Å². The van der Waals surface area contributed by atoms with Crippen LogP contribution in [0.2, 0.25) is 30.1 Å². The summed E-state index contributed by atoms with van der Waals surface area (Å²) in [5.74, 6) is 0. The molecule has 2 rings (SSSR count). The van der Waals surface area contributed by atoms with Crippen molar-refractivity contribution >= 4 is 81.0 Å². The van der Waals surface area contributed by atoms with Crippen molar-refractivity contribution in [1.29, 1.82) is 0 Å². The fourth-order valence-electron chi connectivity index (χ4n) is 2.33. The first-order valence-corrected chi connectivity index (χ1v) is 8.83. The molecule has 0 N–H and O–H groups in total. The summed E-state index contributed by atoms with van der Waals surface area (Å²) in [5, 5.41) is 21.6. The minimum absolute atomic E-state index is 0.150. The second-order valence-electron chi connectivity index (χ2n) is 5.10. The molecule has 0 amide bonds. The summed E-state index contributed by atoms with van der Waals surface area (Å²) in [5.41, 5.74) is -1.80. The molecule has 2 aromatic carbocycles. The molecule has 0 radical (unpaired) electrons. The summed E-state index contributed by atoms with van der Waals surface area (Å²) < 4.78 is 0. The number of rotatable bonds is 3. The van der Waals surface area contributed by atoms with Gasteiger partial charge in [-0.15, -0.1) is 0 Å². The Morgan fingerprint density at radius 2 is 0.846 bits per heavy atom. The van der Waals surface area contributed by atoms with Gasteiger partial charge in [0.2, 0.25) is 0 Å². The Kier molecular flexibility index (Phi) is 6.17. The summed E-state index contributed by atoms with van der Waals surface area (Å²) in [6.45, 7) is 2.90. The van der Waals surface area contributed by atoms with Crippen LogP contribution < -0.4 is 0 Å². The lowest BCUT2D eigenvalue weighted by Crippen LogP contribution is -2.02. The maximum absolute atomic E-state index is 11.6. The predicted molar refractivity (Wildman–Crippen MR) is 105 cm³/mol. The van der Waals surface area contributed by atoms with Crippen LogP contribution in [0.5, 0.6) is 0 Å². The molecular formula is C14H6Cl6N2O4. The number of nitro groups is 2. The highest BCUT2D eigenvalue weighted by Gasteiger charge is 2.37. The zero-order valence-corrected chi connectivity index (χ0v) is 17.3. The molecule has 6 nitrogen and oxygen atoms in total. The van der Waals surface area contributed by atoms with Crippen LogP contribution in [0.1, 0.15) is 11.1 Å². The lowest BCUT2D eigenvalue weighted by Gasteiger charge is -2.16. The second-order valence-corrected chi connectivity index (χ2v) is 7.36. The SMILES string of the molecule is Cc1c(Cl)c(Cl)c([N+](=O)[O-])c(-c2c(Cl)c(C)c(Cl)c(Cl)c2[N+](=O)[O-])c1Cl. The Labute approximate surface area is 176 Å². The first kappa shape index (κ1) is 21.3. The van der Waals surface area contributed by atoms with Crippen molar-refractivity contribution < 1.29 is 9.85 Å². The Morgan fingerprint density at radius 1 is 0.577 bits per heavy atom. The zero-order valence-electron chi connectivity index (χ0n) is 12.8. The van der Waals surface area contributed by atoms with Gasteiger partial charge >= 0.3 is 0 Å². The van der Waals surface area contributed by atoms with Gasteiger partial charge in [-0.3, -0.25) is 20.2 Å². The number of benzene rings is 2. The van der Waals surface area contributed by atoms with E-state index in [-0.39, 0.29) is 42.3 Å². The number of hydrogen-bond donors (Lipinski definition) is 0. The highest BCUT2D eigenvalue weighted by Crippen LogP contribution is 2.54. The Hall–Kier alpha value is -1.02. The van der Waals surface area contributed by atoms with Gasteiger partial charge in [0.05, 0.1) is 41.1 Å². The van der Waals surface area contributed by atoms with Crippen molar-refractivity contribution in [2.24, 2.45) is 0 Å². The highest BCUT2D eigenvalue weighted by atomic mass is 35.5. The van der Waals surface area contributed by atoms with E-state index in [1.54, 1.807) is 0 Å². The van der Waals surface area contributed by atoms with E-state index in [2.05, 4.69) is 0 Å². The van der Waals surface area contributed by atoms with Crippen molar-refractivity contribution in [3.05, 3.63) is 61.5 Å². The van der Waals surface area contributed by atoms with Crippen molar-refractivity contribution in [1.82, 2.24) is 0 Å². The quantitative estimate of drug-likeness (QED) is 0.257. The molecule has 26 heavy (non-hydrogen) atoms.